The number of anilines is 1. The van der Waals surface area contributed by atoms with Gasteiger partial charge in [-0.1, -0.05) is 62.9 Å². The van der Waals surface area contributed by atoms with Crippen LogP contribution in [-0.4, -0.2) is 17.6 Å². The average molecular weight is 385 g/mol. The first-order chi connectivity index (χ1) is 13.2. The molecule has 0 aliphatic rings. The van der Waals surface area contributed by atoms with Crippen LogP contribution in [0.1, 0.15) is 44.6 Å². The lowest BCUT2D eigenvalue weighted by molar-refractivity contribution is -0.119. The van der Waals surface area contributed by atoms with Crippen molar-refractivity contribution in [2.75, 3.05) is 11.9 Å². The number of benzene rings is 2. The summed E-state index contributed by atoms with van der Waals surface area (Å²) in [6.45, 7) is 2.96. The van der Waals surface area contributed by atoms with Crippen molar-refractivity contribution in [3.05, 3.63) is 60.2 Å². The van der Waals surface area contributed by atoms with Crippen LogP contribution in [0.5, 0.6) is 5.75 Å². The number of carbonyl (C=O) groups is 1. The molecule has 0 saturated heterocycles. The summed E-state index contributed by atoms with van der Waals surface area (Å²) in [5, 5.41) is 6.01. The van der Waals surface area contributed by atoms with Crippen molar-refractivity contribution < 1.29 is 9.53 Å². The zero-order chi connectivity index (χ0) is 19.3. The standard InChI is InChI=1S/C22H28N2O2S/c1-2-3-4-5-9-16-26-20-14-12-19(13-15-20)23-22(27)24-21(25)17-18-10-7-6-8-11-18/h6-8,10-15H,2-5,9,16-17H2,1H3,(H2,23,24,25,27). The zero-order valence-electron chi connectivity index (χ0n) is 15.9. The molecule has 1 amide bonds. The van der Waals surface area contributed by atoms with Crippen molar-refractivity contribution in [3.8, 4) is 5.75 Å². The van der Waals surface area contributed by atoms with E-state index in [1.807, 2.05) is 54.6 Å². The fourth-order valence-electron chi connectivity index (χ4n) is 2.64. The molecule has 0 unspecified atom stereocenters. The third kappa shape index (κ3) is 8.69. The molecular weight excluding hydrogens is 356 g/mol. The van der Waals surface area contributed by atoms with Crippen molar-refractivity contribution in [2.45, 2.75) is 45.4 Å². The maximum atomic E-state index is 12.0. The monoisotopic (exact) mass is 384 g/mol. The molecule has 2 rings (SSSR count). The van der Waals surface area contributed by atoms with Crippen LogP contribution in [0.25, 0.3) is 0 Å². The fourth-order valence-corrected chi connectivity index (χ4v) is 2.88. The highest BCUT2D eigenvalue weighted by molar-refractivity contribution is 7.80. The molecule has 0 aromatic heterocycles. The minimum absolute atomic E-state index is 0.137. The Kier molecular flexibility index (Phi) is 9.35. The van der Waals surface area contributed by atoms with E-state index in [0.717, 1.165) is 30.0 Å². The second kappa shape index (κ2) is 12.1. The summed E-state index contributed by atoms with van der Waals surface area (Å²) in [6.07, 6.45) is 6.41. The number of unbranched alkanes of at least 4 members (excludes halogenated alkanes) is 4. The van der Waals surface area contributed by atoms with Gasteiger partial charge in [0.2, 0.25) is 5.91 Å². The third-order valence-electron chi connectivity index (χ3n) is 4.09. The van der Waals surface area contributed by atoms with Crippen LogP contribution < -0.4 is 15.4 Å². The van der Waals surface area contributed by atoms with Crippen LogP contribution in [0.2, 0.25) is 0 Å². The molecule has 2 aromatic carbocycles. The summed E-state index contributed by atoms with van der Waals surface area (Å²) in [5.74, 6) is 0.705. The van der Waals surface area contributed by atoms with E-state index in [4.69, 9.17) is 17.0 Å². The first kappa shape index (κ1) is 20.9. The van der Waals surface area contributed by atoms with Gasteiger partial charge in [0.1, 0.15) is 5.75 Å². The van der Waals surface area contributed by atoms with Gasteiger partial charge < -0.3 is 15.4 Å². The molecule has 0 heterocycles. The van der Waals surface area contributed by atoms with E-state index < -0.39 is 0 Å². The number of rotatable bonds is 10. The predicted octanol–water partition coefficient (Wildman–Crippen LogP) is 5.09. The second-order valence-electron chi connectivity index (χ2n) is 6.45. The number of nitrogens with one attached hydrogen (secondary N) is 2. The van der Waals surface area contributed by atoms with Crippen LogP contribution in [0, 0.1) is 0 Å². The van der Waals surface area contributed by atoms with Gasteiger partial charge >= 0.3 is 0 Å². The van der Waals surface area contributed by atoms with E-state index in [2.05, 4.69) is 17.6 Å². The number of amides is 1. The normalized spacial score (nSPS) is 10.3. The van der Waals surface area contributed by atoms with Gasteiger partial charge in [0.15, 0.2) is 5.11 Å². The molecule has 5 heteroatoms. The minimum Gasteiger partial charge on any atom is -0.494 e. The van der Waals surface area contributed by atoms with E-state index >= 15 is 0 Å². The SMILES string of the molecule is CCCCCCCOc1ccc(NC(=S)NC(=O)Cc2ccccc2)cc1. The highest BCUT2D eigenvalue weighted by Crippen LogP contribution is 2.16. The van der Waals surface area contributed by atoms with Gasteiger partial charge in [-0.3, -0.25) is 4.79 Å². The lowest BCUT2D eigenvalue weighted by Crippen LogP contribution is -2.35. The van der Waals surface area contributed by atoms with Gasteiger partial charge in [-0.05, 0) is 48.5 Å². The minimum atomic E-state index is -0.137. The summed E-state index contributed by atoms with van der Waals surface area (Å²) in [7, 11) is 0. The van der Waals surface area contributed by atoms with Crippen LogP contribution in [0.4, 0.5) is 5.69 Å². The summed E-state index contributed by atoms with van der Waals surface area (Å²) in [4.78, 5) is 12.0. The van der Waals surface area contributed by atoms with Crippen LogP contribution >= 0.6 is 12.2 Å². The van der Waals surface area contributed by atoms with Gasteiger partial charge in [-0.15, -0.1) is 0 Å². The molecule has 0 bridgehead atoms. The zero-order valence-corrected chi connectivity index (χ0v) is 16.7. The Morgan fingerprint density at radius 3 is 2.37 bits per heavy atom. The van der Waals surface area contributed by atoms with E-state index in [1.165, 1.54) is 25.7 Å². The molecule has 144 valence electrons. The molecule has 0 saturated carbocycles. The van der Waals surface area contributed by atoms with Gasteiger partial charge in [0.25, 0.3) is 0 Å². The molecule has 27 heavy (non-hydrogen) atoms. The lowest BCUT2D eigenvalue weighted by atomic mass is 10.1. The molecule has 0 atom stereocenters. The second-order valence-corrected chi connectivity index (χ2v) is 6.86. The summed E-state index contributed by atoms with van der Waals surface area (Å²) >= 11 is 5.21. The smallest absolute Gasteiger partial charge is 0.230 e. The summed E-state index contributed by atoms with van der Waals surface area (Å²) in [5.41, 5.74) is 1.77. The summed E-state index contributed by atoms with van der Waals surface area (Å²) in [6, 6.07) is 17.2. The Morgan fingerprint density at radius 2 is 1.67 bits per heavy atom. The molecule has 4 nitrogen and oxygen atoms in total. The average Bonchev–Trinajstić information content (AvgIpc) is 2.66. The maximum absolute atomic E-state index is 12.0. The molecule has 0 fully saturated rings. The molecule has 0 radical (unpaired) electrons. The van der Waals surface area contributed by atoms with Crippen LogP contribution in [-0.2, 0) is 11.2 Å². The van der Waals surface area contributed by atoms with E-state index in [-0.39, 0.29) is 5.91 Å². The number of hydrogen-bond donors (Lipinski definition) is 2. The van der Waals surface area contributed by atoms with Crippen molar-refractivity contribution in [1.82, 2.24) is 5.32 Å². The molecule has 0 aliphatic carbocycles. The largest absolute Gasteiger partial charge is 0.494 e. The topological polar surface area (TPSA) is 50.4 Å². The highest BCUT2D eigenvalue weighted by Gasteiger charge is 2.06. The van der Waals surface area contributed by atoms with Crippen molar-refractivity contribution >= 4 is 28.9 Å². The van der Waals surface area contributed by atoms with Crippen LogP contribution in [0.3, 0.4) is 0 Å². The van der Waals surface area contributed by atoms with Gasteiger partial charge in [-0.2, -0.15) is 0 Å². The Bertz CT molecular complexity index is 702. The molecular formula is C22H28N2O2S. The van der Waals surface area contributed by atoms with Crippen molar-refractivity contribution in [3.63, 3.8) is 0 Å². The number of ether oxygens (including phenoxy) is 1. The quantitative estimate of drug-likeness (QED) is 0.442. The third-order valence-corrected chi connectivity index (χ3v) is 4.29. The Hall–Kier alpha value is -2.40. The number of hydrogen-bond acceptors (Lipinski definition) is 3. The predicted molar refractivity (Wildman–Crippen MR) is 115 cm³/mol. The molecule has 0 aliphatic heterocycles. The first-order valence-corrected chi connectivity index (χ1v) is 9.96. The Labute approximate surface area is 167 Å². The first-order valence-electron chi connectivity index (χ1n) is 9.55. The molecule has 0 spiro atoms. The van der Waals surface area contributed by atoms with Gasteiger partial charge in [0, 0.05) is 5.69 Å². The Morgan fingerprint density at radius 1 is 0.963 bits per heavy atom. The number of thiocarbonyl (C=S) groups is 1. The summed E-state index contributed by atoms with van der Waals surface area (Å²) < 4.78 is 5.75. The van der Waals surface area contributed by atoms with Crippen molar-refractivity contribution in [2.24, 2.45) is 0 Å². The van der Waals surface area contributed by atoms with E-state index in [1.54, 1.807) is 0 Å². The van der Waals surface area contributed by atoms with E-state index in [0.29, 0.717) is 11.5 Å². The van der Waals surface area contributed by atoms with E-state index in [9.17, 15) is 4.79 Å². The molecule has 2 aromatic rings. The van der Waals surface area contributed by atoms with Crippen LogP contribution in [0.15, 0.2) is 54.6 Å². The van der Waals surface area contributed by atoms with Gasteiger partial charge in [0.05, 0.1) is 13.0 Å². The lowest BCUT2D eigenvalue weighted by Gasteiger charge is -2.11. The van der Waals surface area contributed by atoms with Gasteiger partial charge in [-0.25, -0.2) is 0 Å². The number of carbonyl (C=O) groups excluding carboxylic acids is 1. The fraction of sp³-hybridized carbons (Fsp3) is 0.364. The maximum Gasteiger partial charge on any atom is 0.230 e. The highest BCUT2D eigenvalue weighted by atomic mass is 32.1. The Balaban J connectivity index is 1.69. The van der Waals surface area contributed by atoms with Crippen molar-refractivity contribution in [1.29, 1.82) is 0 Å². The molecule has 2 N–H and O–H groups in total.